The average Bonchev–Trinajstić information content (AvgIpc) is 2.79. The van der Waals surface area contributed by atoms with E-state index in [-0.39, 0.29) is 17.7 Å². The normalized spacial score (nSPS) is 12.4. The second-order valence-electron chi connectivity index (χ2n) is 5.07. The van der Waals surface area contributed by atoms with Crippen molar-refractivity contribution in [3.63, 3.8) is 0 Å². The summed E-state index contributed by atoms with van der Waals surface area (Å²) in [5.74, 6) is 0.0501. The van der Waals surface area contributed by atoms with Gasteiger partial charge in [0.15, 0.2) is 5.78 Å². The third kappa shape index (κ3) is 3.17. The van der Waals surface area contributed by atoms with Crippen molar-refractivity contribution in [1.82, 2.24) is 4.98 Å². The zero-order valence-corrected chi connectivity index (χ0v) is 12.7. The average molecular weight is 289 g/mol. The number of nitrogens with zero attached hydrogens (tertiary/aromatic N) is 1. The monoisotopic (exact) mass is 289 g/mol. The summed E-state index contributed by atoms with van der Waals surface area (Å²) in [6.45, 7) is 5.82. The molecule has 2 aromatic heterocycles. The summed E-state index contributed by atoms with van der Waals surface area (Å²) in [4.78, 5) is 16.8. The molecule has 20 heavy (non-hydrogen) atoms. The van der Waals surface area contributed by atoms with Crippen LogP contribution in [0.5, 0.6) is 0 Å². The maximum Gasteiger partial charge on any atom is 0.177 e. The van der Waals surface area contributed by atoms with Gasteiger partial charge in [0.25, 0.3) is 0 Å². The van der Waals surface area contributed by atoms with Crippen LogP contribution in [0.25, 0.3) is 0 Å². The minimum Gasteiger partial charge on any atom is -0.397 e. The van der Waals surface area contributed by atoms with Gasteiger partial charge in [-0.25, -0.2) is 0 Å². The summed E-state index contributed by atoms with van der Waals surface area (Å²) >= 11 is 1.41. The van der Waals surface area contributed by atoms with Crippen molar-refractivity contribution in [2.24, 2.45) is 5.92 Å². The largest absolute Gasteiger partial charge is 0.397 e. The molecule has 1 atom stereocenters. The van der Waals surface area contributed by atoms with Gasteiger partial charge in [-0.2, -0.15) is 0 Å². The first-order valence-electron chi connectivity index (χ1n) is 6.59. The molecule has 2 rings (SSSR count). The number of nitrogen functional groups attached to an aromatic ring is 1. The van der Waals surface area contributed by atoms with Crippen LogP contribution in [0.15, 0.2) is 30.6 Å². The number of ketones is 1. The van der Waals surface area contributed by atoms with Crippen LogP contribution in [-0.2, 0) is 0 Å². The maximum absolute atomic E-state index is 12.0. The van der Waals surface area contributed by atoms with E-state index < -0.39 is 0 Å². The van der Waals surface area contributed by atoms with Crippen molar-refractivity contribution in [3.05, 3.63) is 41.0 Å². The number of rotatable bonds is 5. The van der Waals surface area contributed by atoms with Crippen molar-refractivity contribution < 1.29 is 4.79 Å². The molecule has 0 saturated carbocycles. The number of nitrogens with one attached hydrogen (secondary N) is 1. The van der Waals surface area contributed by atoms with Crippen LogP contribution in [0.1, 0.15) is 42.0 Å². The zero-order valence-electron chi connectivity index (χ0n) is 11.9. The number of hydrogen-bond acceptors (Lipinski definition) is 5. The lowest BCUT2D eigenvalue weighted by atomic mass is 10.1. The Bertz CT molecular complexity index is 592. The zero-order chi connectivity index (χ0) is 14.7. The van der Waals surface area contributed by atoms with Crippen molar-refractivity contribution in [3.8, 4) is 0 Å². The molecule has 0 bridgehead atoms. The highest BCUT2D eigenvalue weighted by Gasteiger charge is 2.18. The van der Waals surface area contributed by atoms with Gasteiger partial charge in [-0.05, 0) is 24.6 Å². The number of anilines is 2. The van der Waals surface area contributed by atoms with Gasteiger partial charge in [0.1, 0.15) is 0 Å². The molecule has 2 aromatic rings. The number of carbonyl (C=O) groups is 1. The Labute approximate surface area is 123 Å². The van der Waals surface area contributed by atoms with Gasteiger partial charge in [0, 0.05) is 18.3 Å². The highest BCUT2D eigenvalue weighted by atomic mass is 32.1. The number of pyridine rings is 1. The Morgan fingerprint density at radius 2 is 2.15 bits per heavy atom. The Kier molecular flexibility index (Phi) is 4.39. The topological polar surface area (TPSA) is 68.0 Å². The lowest BCUT2D eigenvalue weighted by Crippen LogP contribution is -2.07. The van der Waals surface area contributed by atoms with Gasteiger partial charge >= 0.3 is 0 Å². The minimum absolute atomic E-state index is 0.0421. The molecule has 5 heteroatoms. The van der Waals surface area contributed by atoms with E-state index in [0.717, 1.165) is 10.6 Å². The van der Waals surface area contributed by atoms with Crippen molar-refractivity contribution in [1.29, 1.82) is 0 Å². The van der Waals surface area contributed by atoms with E-state index in [1.165, 1.54) is 11.3 Å². The smallest absolute Gasteiger partial charge is 0.177 e. The summed E-state index contributed by atoms with van der Waals surface area (Å²) in [6.07, 6.45) is 3.58. The lowest BCUT2D eigenvalue weighted by molar-refractivity contribution is 0.0944. The molecule has 4 nitrogen and oxygen atoms in total. The molecule has 0 aliphatic carbocycles. The van der Waals surface area contributed by atoms with Crippen LogP contribution in [0.3, 0.4) is 0 Å². The fourth-order valence-corrected chi connectivity index (χ4v) is 3.01. The minimum atomic E-state index is -0.0421. The van der Waals surface area contributed by atoms with Crippen LogP contribution in [0.4, 0.5) is 10.7 Å². The number of aromatic nitrogens is 1. The summed E-state index contributed by atoms with van der Waals surface area (Å²) in [7, 11) is 0. The maximum atomic E-state index is 12.0. The molecule has 2 heterocycles. The fraction of sp³-hybridized carbons (Fsp3) is 0.333. The molecule has 0 fully saturated rings. The van der Waals surface area contributed by atoms with E-state index in [9.17, 15) is 4.79 Å². The van der Waals surface area contributed by atoms with Crippen molar-refractivity contribution in [2.45, 2.75) is 26.8 Å². The molecule has 1 unspecified atom stereocenters. The summed E-state index contributed by atoms with van der Waals surface area (Å²) in [5.41, 5.74) is 7.58. The molecular weight excluding hydrogens is 270 g/mol. The van der Waals surface area contributed by atoms with Crippen molar-refractivity contribution >= 4 is 27.8 Å². The molecule has 0 radical (unpaired) electrons. The fourth-order valence-electron chi connectivity index (χ4n) is 1.86. The Morgan fingerprint density at radius 1 is 1.40 bits per heavy atom. The third-order valence-electron chi connectivity index (χ3n) is 3.05. The molecule has 0 saturated heterocycles. The van der Waals surface area contributed by atoms with Crippen LogP contribution in [0.2, 0.25) is 0 Å². The van der Waals surface area contributed by atoms with Gasteiger partial charge in [-0.15, -0.1) is 11.3 Å². The second kappa shape index (κ2) is 6.05. The highest BCUT2D eigenvalue weighted by Crippen LogP contribution is 2.33. The Balaban J connectivity index is 2.15. The van der Waals surface area contributed by atoms with E-state index in [2.05, 4.69) is 17.2 Å². The van der Waals surface area contributed by atoms with Gasteiger partial charge in [-0.3, -0.25) is 9.78 Å². The first kappa shape index (κ1) is 14.5. The highest BCUT2D eigenvalue weighted by molar-refractivity contribution is 7.18. The summed E-state index contributed by atoms with van der Waals surface area (Å²) in [6, 6.07) is 5.86. The molecule has 106 valence electrons. The quantitative estimate of drug-likeness (QED) is 0.823. The Hall–Kier alpha value is -1.88. The number of hydrogen-bond donors (Lipinski definition) is 2. The molecule has 0 amide bonds. The van der Waals surface area contributed by atoms with E-state index >= 15 is 0 Å². The van der Waals surface area contributed by atoms with Gasteiger partial charge in [0.2, 0.25) is 0 Å². The predicted molar refractivity (Wildman–Crippen MR) is 84.2 cm³/mol. The number of carbonyl (C=O) groups excluding carboxylic acids is 1. The van der Waals surface area contributed by atoms with E-state index in [1.807, 2.05) is 38.2 Å². The first-order valence-corrected chi connectivity index (χ1v) is 7.40. The van der Waals surface area contributed by atoms with Crippen LogP contribution < -0.4 is 11.1 Å². The van der Waals surface area contributed by atoms with Crippen LogP contribution in [-0.4, -0.2) is 10.8 Å². The van der Waals surface area contributed by atoms with Gasteiger partial charge < -0.3 is 11.1 Å². The number of thiophene rings is 1. The summed E-state index contributed by atoms with van der Waals surface area (Å²) in [5, 5.41) is 4.26. The second-order valence-corrected chi connectivity index (χ2v) is 6.12. The van der Waals surface area contributed by atoms with E-state index in [1.54, 1.807) is 6.20 Å². The molecule has 0 aliphatic heterocycles. The van der Waals surface area contributed by atoms with E-state index in [4.69, 9.17) is 5.73 Å². The molecule has 0 spiro atoms. The first-order chi connectivity index (χ1) is 9.49. The molecule has 0 aliphatic rings. The molecular formula is C15H19N3OS. The molecule has 3 N–H and O–H groups in total. The third-order valence-corrected chi connectivity index (χ3v) is 4.15. The van der Waals surface area contributed by atoms with Crippen LogP contribution in [0, 0.1) is 5.92 Å². The van der Waals surface area contributed by atoms with Gasteiger partial charge in [0.05, 0.1) is 21.6 Å². The molecule has 0 aromatic carbocycles. The number of Topliss-reactive ketones (excluding diaryl/α,β-unsaturated/α-hetero) is 1. The number of nitrogens with two attached hydrogens (primary N) is 1. The standard InChI is InChI=1S/C15H19N3OS/c1-9(2)14(19)15-12(16)7-13(20-15)18-10(3)11-5-4-6-17-8-11/h4-10,18H,16H2,1-3H3. The van der Waals surface area contributed by atoms with E-state index in [0.29, 0.717) is 10.6 Å². The Morgan fingerprint density at radius 3 is 2.75 bits per heavy atom. The summed E-state index contributed by atoms with van der Waals surface area (Å²) < 4.78 is 0. The SMILES string of the molecule is CC(C)C(=O)c1sc(NC(C)c2cccnc2)cc1N. The predicted octanol–water partition coefficient (Wildman–Crippen LogP) is 3.74. The lowest BCUT2D eigenvalue weighted by Gasteiger charge is -2.13. The van der Waals surface area contributed by atoms with Crippen LogP contribution >= 0.6 is 11.3 Å². The van der Waals surface area contributed by atoms with Gasteiger partial charge in [-0.1, -0.05) is 19.9 Å². The van der Waals surface area contributed by atoms with Crippen molar-refractivity contribution in [2.75, 3.05) is 11.1 Å².